The van der Waals surface area contributed by atoms with Crippen LogP contribution in [0.3, 0.4) is 0 Å². The quantitative estimate of drug-likeness (QED) is 0.709. The van der Waals surface area contributed by atoms with Gasteiger partial charge in [-0.25, -0.2) is 0 Å². The summed E-state index contributed by atoms with van der Waals surface area (Å²) in [5.74, 6) is 0.495. The molecular weight excluding hydrogens is 396 g/mol. The van der Waals surface area contributed by atoms with Crippen LogP contribution in [0.2, 0.25) is 0 Å². The summed E-state index contributed by atoms with van der Waals surface area (Å²) in [6, 6.07) is 7.75. The first-order valence-corrected chi connectivity index (χ1v) is 11.0. The monoisotopic (exact) mass is 430 g/mol. The van der Waals surface area contributed by atoms with Crippen LogP contribution in [-0.2, 0) is 14.4 Å². The van der Waals surface area contributed by atoms with Crippen LogP contribution in [0.1, 0.15) is 33.1 Å². The van der Waals surface area contributed by atoms with E-state index in [4.69, 9.17) is 4.74 Å². The number of likely N-dealkylation sites (N-methyl/N-ethyl adjacent to an activating group) is 1. The molecule has 8 nitrogen and oxygen atoms in total. The fraction of sp³-hybridized carbons (Fsp3) is 0.609. The lowest BCUT2D eigenvalue weighted by Crippen LogP contribution is -2.49. The van der Waals surface area contributed by atoms with Crippen LogP contribution < -0.4 is 15.0 Å². The number of benzene rings is 1. The Bertz CT molecular complexity index is 787. The number of amides is 3. The first-order valence-electron chi connectivity index (χ1n) is 11.0. The molecule has 3 rings (SSSR count). The molecule has 0 radical (unpaired) electrons. The maximum atomic E-state index is 13.0. The highest BCUT2D eigenvalue weighted by atomic mass is 16.5. The Labute approximate surface area is 184 Å². The fourth-order valence-corrected chi connectivity index (χ4v) is 4.39. The van der Waals surface area contributed by atoms with E-state index < -0.39 is 0 Å². The predicted octanol–water partition coefficient (Wildman–Crippen LogP) is 1.50. The van der Waals surface area contributed by atoms with Crippen molar-refractivity contribution < 1.29 is 19.1 Å². The zero-order valence-corrected chi connectivity index (χ0v) is 19.0. The first kappa shape index (κ1) is 23.1. The number of rotatable bonds is 7. The second kappa shape index (κ2) is 10.1. The highest BCUT2D eigenvalue weighted by Crippen LogP contribution is 2.28. The van der Waals surface area contributed by atoms with Gasteiger partial charge >= 0.3 is 0 Å². The molecule has 2 heterocycles. The predicted molar refractivity (Wildman–Crippen MR) is 119 cm³/mol. The van der Waals surface area contributed by atoms with Crippen LogP contribution in [0.4, 0.5) is 5.69 Å². The number of nitrogens with one attached hydrogen (secondary N) is 1. The Balaban J connectivity index is 1.50. The van der Waals surface area contributed by atoms with Gasteiger partial charge in [-0.1, -0.05) is 0 Å². The molecule has 2 aliphatic rings. The molecule has 8 heteroatoms. The number of piperidine rings is 1. The van der Waals surface area contributed by atoms with Crippen molar-refractivity contribution in [3.63, 3.8) is 0 Å². The third kappa shape index (κ3) is 5.76. The van der Waals surface area contributed by atoms with Crippen molar-refractivity contribution in [2.24, 2.45) is 5.92 Å². The molecule has 0 saturated carbocycles. The summed E-state index contributed by atoms with van der Waals surface area (Å²) < 4.78 is 5.17. The summed E-state index contributed by atoms with van der Waals surface area (Å²) in [4.78, 5) is 43.2. The molecule has 3 amide bonds. The summed E-state index contributed by atoms with van der Waals surface area (Å²) in [6.45, 7) is 6.00. The van der Waals surface area contributed by atoms with E-state index in [0.717, 1.165) is 24.3 Å². The van der Waals surface area contributed by atoms with Gasteiger partial charge in [-0.05, 0) is 58.0 Å². The van der Waals surface area contributed by atoms with Crippen molar-refractivity contribution in [3.05, 3.63) is 24.3 Å². The van der Waals surface area contributed by atoms with Gasteiger partial charge in [-0.15, -0.1) is 0 Å². The maximum absolute atomic E-state index is 13.0. The zero-order chi connectivity index (χ0) is 22.5. The van der Waals surface area contributed by atoms with Gasteiger partial charge < -0.3 is 19.9 Å². The molecule has 31 heavy (non-hydrogen) atoms. The van der Waals surface area contributed by atoms with Crippen molar-refractivity contribution in [2.75, 3.05) is 45.2 Å². The topological polar surface area (TPSA) is 82.2 Å². The molecule has 2 aliphatic heterocycles. The third-order valence-corrected chi connectivity index (χ3v) is 6.10. The van der Waals surface area contributed by atoms with Crippen molar-refractivity contribution in [1.29, 1.82) is 0 Å². The zero-order valence-electron chi connectivity index (χ0n) is 19.0. The van der Waals surface area contributed by atoms with E-state index in [1.165, 1.54) is 0 Å². The summed E-state index contributed by atoms with van der Waals surface area (Å²) in [5.41, 5.74) is 0.793. The number of carbonyl (C=O) groups excluding carboxylic acids is 3. The van der Waals surface area contributed by atoms with E-state index in [-0.39, 0.29) is 42.1 Å². The summed E-state index contributed by atoms with van der Waals surface area (Å²) in [5, 5.41) is 2.92. The molecule has 0 aromatic heterocycles. The van der Waals surface area contributed by atoms with E-state index in [1.54, 1.807) is 12.0 Å². The average molecular weight is 431 g/mol. The van der Waals surface area contributed by atoms with Gasteiger partial charge in [0, 0.05) is 43.8 Å². The first-order chi connectivity index (χ1) is 14.8. The highest BCUT2D eigenvalue weighted by molar-refractivity contribution is 6.00. The smallest absolute Gasteiger partial charge is 0.234 e. The van der Waals surface area contributed by atoms with Crippen molar-refractivity contribution >= 4 is 23.4 Å². The normalized spacial score (nSPS) is 19.9. The number of hydrogen-bond acceptors (Lipinski definition) is 5. The van der Waals surface area contributed by atoms with Crippen LogP contribution in [-0.4, -0.2) is 79.9 Å². The molecule has 0 unspecified atom stereocenters. The van der Waals surface area contributed by atoms with E-state index in [9.17, 15) is 14.4 Å². The molecule has 0 bridgehead atoms. The second-order valence-electron chi connectivity index (χ2n) is 8.80. The van der Waals surface area contributed by atoms with Gasteiger partial charge in [0.15, 0.2) is 0 Å². The standard InChI is InChI=1S/C23H34N4O4/c1-16(2)24-21(28)15-25(3)18-9-11-26(12-10-18)23(30)17-13-22(29)27(14-17)19-5-7-20(31-4)8-6-19/h5-8,16-18H,9-15H2,1-4H3,(H,24,28)/t17-/m1/s1. The second-order valence-corrected chi connectivity index (χ2v) is 8.80. The van der Waals surface area contributed by atoms with E-state index in [1.807, 2.05) is 50.1 Å². The summed E-state index contributed by atoms with van der Waals surface area (Å²) in [7, 11) is 3.57. The number of nitrogens with zero attached hydrogens (tertiary/aromatic N) is 3. The molecule has 2 fully saturated rings. The number of ether oxygens (including phenoxy) is 1. The molecule has 1 aromatic rings. The van der Waals surface area contributed by atoms with Gasteiger partial charge in [0.1, 0.15) is 5.75 Å². The Morgan fingerprint density at radius 2 is 1.84 bits per heavy atom. The van der Waals surface area contributed by atoms with Gasteiger partial charge in [-0.2, -0.15) is 0 Å². The molecule has 170 valence electrons. The SMILES string of the molecule is COc1ccc(N2C[C@H](C(=O)N3CCC(N(C)CC(=O)NC(C)C)CC3)CC2=O)cc1. The van der Waals surface area contributed by atoms with Crippen LogP contribution >= 0.6 is 0 Å². The van der Waals surface area contributed by atoms with Gasteiger partial charge in [0.2, 0.25) is 17.7 Å². The molecule has 0 aliphatic carbocycles. The Hall–Kier alpha value is -2.61. The third-order valence-electron chi connectivity index (χ3n) is 6.10. The van der Waals surface area contributed by atoms with Crippen molar-refractivity contribution in [2.45, 2.75) is 45.2 Å². The number of methoxy groups -OCH3 is 1. The molecular formula is C23H34N4O4. The van der Waals surface area contributed by atoms with E-state index in [0.29, 0.717) is 26.2 Å². The molecule has 1 aromatic carbocycles. The molecule has 1 atom stereocenters. The lowest BCUT2D eigenvalue weighted by atomic mass is 10.0. The summed E-state index contributed by atoms with van der Waals surface area (Å²) >= 11 is 0. The van der Waals surface area contributed by atoms with Crippen LogP contribution in [0.25, 0.3) is 0 Å². The van der Waals surface area contributed by atoms with E-state index >= 15 is 0 Å². The number of carbonyl (C=O) groups is 3. The lowest BCUT2D eigenvalue weighted by molar-refractivity contribution is -0.137. The largest absolute Gasteiger partial charge is 0.497 e. The highest BCUT2D eigenvalue weighted by Gasteiger charge is 2.38. The minimum absolute atomic E-state index is 0.0192. The average Bonchev–Trinajstić information content (AvgIpc) is 3.14. The lowest BCUT2D eigenvalue weighted by Gasteiger charge is -2.37. The molecule has 1 N–H and O–H groups in total. The fourth-order valence-electron chi connectivity index (χ4n) is 4.39. The van der Waals surface area contributed by atoms with Gasteiger partial charge in [0.25, 0.3) is 0 Å². The van der Waals surface area contributed by atoms with E-state index in [2.05, 4.69) is 10.2 Å². The molecule has 2 saturated heterocycles. The minimum Gasteiger partial charge on any atom is -0.497 e. The Morgan fingerprint density at radius 3 is 2.42 bits per heavy atom. The van der Waals surface area contributed by atoms with Crippen LogP contribution in [0.15, 0.2) is 24.3 Å². The van der Waals surface area contributed by atoms with Gasteiger partial charge in [-0.3, -0.25) is 19.3 Å². The number of likely N-dealkylation sites (tertiary alicyclic amines) is 1. The van der Waals surface area contributed by atoms with Crippen LogP contribution in [0, 0.1) is 5.92 Å². The van der Waals surface area contributed by atoms with Crippen molar-refractivity contribution in [3.8, 4) is 5.75 Å². The minimum atomic E-state index is -0.305. The van der Waals surface area contributed by atoms with Gasteiger partial charge in [0.05, 0.1) is 19.6 Å². The summed E-state index contributed by atoms with van der Waals surface area (Å²) in [6.07, 6.45) is 1.92. The molecule has 0 spiro atoms. The van der Waals surface area contributed by atoms with Crippen molar-refractivity contribution in [1.82, 2.24) is 15.1 Å². The number of anilines is 1. The maximum Gasteiger partial charge on any atom is 0.234 e. The number of hydrogen-bond donors (Lipinski definition) is 1. The Morgan fingerprint density at radius 1 is 1.19 bits per heavy atom. The van der Waals surface area contributed by atoms with Crippen LogP contribution in [0.5, 0.6) is 5.75 Å². The Kier molecular flexibility index (Phi) is 7.54.